The minimum Gasteiger partial charge on any atom is -0.496 e. The molecule has 4 rings (SSSR count). The third-order valence-electron chi connectivity index (χ3n) is 6.45. The van der Waals surface area contributed by atoms with Crippen LogP contribution >= 0.6 is 0 Å². The van der Waals surface area contributed by atoms with Crippen molar-refractivity contribution in [2.45, 2.75) is 66.0 Å². The zero-order valence-electron chi connectivity index (χ0n) is 20.9. The third kappa shape index (κ3) is 4.98. The highest BCUT2D eigenvalue weighted by Crippen LogP contribution is 2.46. The number of imidazole rings is 1. The fourth-order valence-electron chi connectivity index (χ4n) is 5.43. The fourth-order valence-corrected chi connectivity index (χ4v) is 5.43. The molecule has 0 saturated heterocycles. The number of fused-ring (bicyclic) bond motifs is 1. The van der Waals surface area contributed by atoms with Crippen LogP contribution in [0.25, 0.3) is 11.0 Å². The van der Waals surface area contributed by atoms with E-state index in [1.54, 1.807) is 6.07 Å². The predicted octanol–water partition coefficient (Wildman–Crippen LogP) is 6.66. The number of aromatic carboxylic acids is 1. The summed E-state index contributed by atoms with van der Waals surface area (Å²) in [5.41, 5.74) is 2.72. The SMILES string of the molecule is COc1cc2c(cc1C(=O)O)nc(Nc1ccc(OC(C)C)cc1)n2[C@@H]1C[C@H](C)CC(C)(C)C1. The van der Waals surface area contributed by atoms with Gasteiger partial charge < -0.3 is 24.5 Å². The van der Waals surface area contributed by atoms with E-state index >= 15 is 0 Å². The molecule has 182 valence electrons. The number of nitrogens with zero attached hydrogens (tertiary/aromatic N) is 2. The Hall–Kier alpha value is -3.22. The number of carboxylic acid groups (broad SMARTS) is 1. The van der Waals surface area contributed by atoms with E-state index in [1.165, 1.54) is 13.5 Å². The topological polar surface area (TPSA) is 85.6 Å². The molecular weight excluding hydrogens is 430 g/mol. The van der Waals surface area contributed by atoms with Crippen molar-refractivity contribution in [1.29, 1.82) is 0 Å². The summed E-state index contributed by atoms with van der Waals surface area (Å²) in [6.45, 7) is 10.9. The van der Waals surface area contributed by atoms with E-state index in [0.717, 1.165) is 29.8 Å². The van der Waals surface area contributed by atoms with Crippen molar-refractivity contribution in [3.63, 3.8) is 0 Å². The number of ether oxygens (including phenoxy) is 2. The van der Waals surface area contributed by atoms with Crippen LogP contribution in [0.5, 0.6) is 11.5 Å². The molecule has 0 amide bonds. The van der Waals surface area contributed by atoms with E-state index in [4.69, 9.17) is 14.5 Å². The first-order valence-corrected chi connectivity index (χ1v) is 11.9. The van der Waals surface area contributed by atoms with Crippen LogP contribution in [-0.4, -0.2) is 33.8 Å². The Bertz CT molecular complexity index is 1180. The van der Waals surface area contributed by atoms with Gasteiger partial charge in [-0.1, -0.05) is 20.8 Å². The van der Waals surface area contributed by atoms with Gasteiger partial charge in [0.1, 0.15) is 17.1 Å². The number of carbonyl (C=O) groups is 1. The molecule has 2 aromatic carbocycles. The molecule has 0 radical (unpaired) electrons. The first kappa shape index (κ1) is 23.9. The minimum atomic E-state index is -1.03. The lowest BCUT2D eigenvalue weighted by Crippen LogP contribution is -2.29. The van der Waals surface area contributed by atoms with Gasteiger partial charge in [0.25, 0.3) is 0 Å². The molecule has 1 aromatic heterocycles. The van der Waals surface area contributed by atoms with Gasteiger partial charge in [0.2, 0.25) is 5.95 Å². The molecule has 0 unspecified atom stereocenters. The molecule has 1 aliphatic carbocycles. The molecule has 0 spiro atoms. The van der Waals surface area contributed by atoms with Gasteiger partial charge in [-0.3, -0.25) is 0 Å². The number of carboxylic acids is 1. The number of nitrogens with one attached hydrogen (secondary N) is 1. The summed E-state index contributed by atoms with van der Waals surface area (Å²) >= 11 is 0. The monoisotopic (exact) mass is 465 g/mol. The summed E-state index contributed by atoms with van der Waals surface area (Å²) in [7, 11) is 1.50. The van der Waals surface area contributed by atoms with Crippen LogP contribution < -0.4 is 14.8 Å². The zero-order valence-corrected chi connectivity index (χ0v) is 20.9. The highest BCUT2D eigenvalue weighted by atomic mass is 16.5. The van der Waals surface area contributed by atoms with Gasteiger partial charge >= 0.3 is 5.97 Å². The second kappa shape index (κ2) is 9.20. The summed E-state index contributed by atoms with van der Waals surface area (Å²) in [6, 6.07) is 11.5. The molecule has 34 heavy (non-hydrogen) atoms. The highest BCUT2D eigenvalue weighted by molar-refractivity contribution is 5.96. The van der Waals surface area contributed by atoms with Crippen molar-refractivity contribution in [2.75, 3.05) is 12.4 Å². The van der Waals surface area contributed by atoms with E-state index in [9.17, 15) is 9.90 Å². The van der Waals surface area contributed by atoms with E-state index < -0.39 is 5.97 Å². The quantitative estimate of drug-likeness (QED) is 0.406. The first-order chi connectivity index (χ1) is 16.1. The number of aromatic nitrogens is 2. The molecule has 1 fully saturated rings. The summed E-state index contributed by atoms with van der Waals surface area (Å²) in [4.78, 5) is 16.7. The molecule has 3 aromatic rings. The van der Waals surface area contributed by atoms with Gasteiger partial charge in [0.15, 0.2) is 0 Å². The predicted molar refractivity (Wildman–Crippen MR) is 135 cm³/mol. The number of rotatable bonds is 7. The van der Waals surface area contributed by atoms with Gasteiger partial charge in [0, 0.05) is 17.8 Å². The molecule has 2 atom stereocenters. The first-order valence-electron chi connectivity index (χ1n) is 11.9. The molecular formula is C27H35N3O4. The van der Waals surface area contributed by atoms with Crippen molar-refractivity contribution in [3.05, 3.63) is 42.0 Å². The Balaban J connectivity index is 1.81. The lowest BCUT2D eigenvalue weighted by atomic mass is 9.70. The molecule has 1 heterocycles. The number of benzene rings is 2. The van der Waals surface area contributed by atoms with Crippen molar-refractivity contribution in [3.8, 4) is 11.5 Å². The van der Waals surface area contributed by atoms with Crippen LogP contribution in [0.2, 0.25) is 0 Å². The fraction of sp³-hybridized carbons (Fsp3) is 0.481. The average Bonchev–Trinajstić information content (AvgIpc) is 3.09. The normalized spacial score (nSPS) is 19.9. The second-order valence-corrected chi connectivity index (χ2v) is 10.5. The Morgan fingerprint density at radius 3 is 2.50 bits per heavy atom. The Morgan fingerprint density at radius 2 is 1.91 bits per heavy atom. The van der Waals surface area contributed by atoms with Crippen LogP contribution in [0.4, 0.5) is 11.6 Å². The lowest BCUT2D eigenvalue weighted by molar-refractivity contribution is 0.0693. The molecule has 7 heteroatoms. The number of anilines is 2. The Kier molecular flexibility index (Phi) is 6.47. The van der Waals surface area contributed by atoms with E-state index in [0.29, 0.717) is 23.1 Å². The second-order valence-electron chi connectivity index (χ2n) is 10.5. The van der Waals surface area contributed by atoms with Crippen molar-refractivity contribution in [1.82, 2.24) is 9.55 Å². The molecule has 0 aliphatic heterocycles. The van der Waals surface area contributed by atoms with E-state index in [1.807, 2.05) is 44.2 Å². The van der Waals surface area contributed by atoms with Crippen molar-refractivity contribution >= 4 is 28.6 Å². The van der Waals surface area contributed by atoms with Crippen LogP contribution in [0, 0.1) is 11.3 Å². The third-order valence-corrected chi connectivity index (χ3v) is 6.45. The Labute approximate surface area is 201 Å². The zero-order chi connectivity index (χ0) is 24.6. The maximum Gasteiger partial charge on any atom is 0.339 e. The molecule has 0 bridgehead atoms. The maximum absolute atomic E-state index is 11.8. The summed E-state index contributed by atoms with van der Waals surface area (Å²) in [5.74, 6) is 1.40. The van der Waals surface area contributed by atoms with Crippen molar-refractivity contribution < 1.29 is 19.4 Å². The van der Waals surface area contributed by atoms with Crippen LogP contribution in [0.3, 0.4) is 0 Å². The lowest BCUT2D eigenvalue weighted by Gasteiger charge is -2.40. The maximum atomic E-state index is 11.8. The summed E-state index contributed by atoms with van der Waals surface area (Å²) < 4.78 is 13.4. The molecule has 1 aliphatic rings. The van der Waals surface area contributed by atoms with E-state index in [-0.39, 0.29) is 23.1 Å². The molecule has 1 saturated carbocycles. The Morgan fingerprint density at radius 1 is 1.21 bits per heavy atom. The highest BCUT2D eigenvalue weighted by Gasteiger charge is 2.35. The van der Waals surface area contributed by atoms with Crippen LogP contribution in [0.1, 0.15) is 70.3 Å². The van der Waals surface area contributed by atoms with Gasteiger partial charge in [-0.2, -0.15) is 0 Å². The van der Waals surface area contributed by atoms with Gasteiger partial charge in [-0.05, 0) is 74.8 Å². The number of hydrogen-bond donors (Lipinski definition) is 2. The molecule has 2 N–H and O–H groups in total. The smallest absolute Gasteiger partial charge is 0.339 e. The van der Waals surface area contributed by atoms with Gasteiger partial charge in [-0.25, -0.2) is 9.78 Å². The summed E-state index contributed by atoms with van der Waals surface area (Å²) in [5, 5.41) is 13.1. The molecule has 7 nitrogen and oxygen atoms in total. The summed E-state index contributed by atoms with van der Waals surface area (Å²) in [6.07, 6.45) is 3.34. The van der Waals surface area contributed by atoms with Crippen molar-refractivity contribution in [2.24, 2.45) is 11.3 Å². The van der Waals surface area contributed by atoms with Crippen LogP contribution in [-0.2, 0) is 0 Å². The average molecular weight is 466 g/mol. The van der Waals surface area contributed by atoms with Crippen LogP contribution in [0.15, 0.2) is 36.4 Å². The standard InChI is InChI=1S/C27H35N3O4/c1-16(2)34-20-9-7-18(8-10-20)28-26-29-22-12-21(25(31)32)24(33-6)13-23(22)30(26)19-11-17(3)14-27(4,5)15-19/h7-10,12-13,16-17,19H,11,14-15H2,1-6H3,(H,28,29)(H,31,32)/t17-,19+/m0/s1. The van der Waals surface area contributed by atoms with Gasteiger partial charge in [-0.15, -0.1) is 0 Å². The number of methoxy groups -OCH3 is 1. The largest absolute Gasteiger partial charge is 0.496 e. The minimum absolute atomic E-state index is 0.109. The number of hydrogen-bond acceptors (Lipinski definition) is 5. The van der Waals surface area contributed by atoms with E-state index in [2.05, 4.69) is 30.7 Å². The van der Waals surface area contributed by atoms with Gasteiger partial charge in [0.05, 0.1) is 24.2 Å².